The molecule has 1 heterocycles. The number of amidine groups is 1. The fraction of sp³-hybridized carbons (Fsp3) is 0.889. The highest BCUT2D eigenvalue weighted by Gasteiger charge is 2.16. The summed E-state index contributed by atoms with van der Waals surface area (Å²) in [5, 5.41) is 4.46. The highest BCUT2D eigenvalue weighted by atomic mass is 32.2. The molecule has 3 nitrogen and oxygen atoms in total. The summed E-state index contributed by atoms with van der Waals surface area (Å²) < 4.78 is 5.11. The van der Waals surface area contributed by atoms with E-state index in [1.807, 2.05) is 0 Å². The van der Waals surface area contributed by atoms with Gasteiger partial charge in [-0.2, -0.15) is 0 Å². The first-order valence-electron chi connectivity index (χ1n) is 4.72. The number of aliphatic imine (C=N–C) groups is 1. The van der Waals surface area contributed by atoms with Gasteiger partial charge in [0, 0.05) is 12.9 Å². The molecule has 0 saturated carbocycles. The van der Waals surface area contributed by atoms with Gasteiger partial charge in [-0.3, -0.25) is 4.99 Å². The zero-order chi connectivity index (χ0) is 9.68. The van der Waals surface area contributed by atoms with Crippen molar-refractivity contribution in [3.05, 3.63) is 0 Å². The molecule has 2 unspecified atom stereocenters. The second-order valence-electron chi connectivity index (χ2n) is 3.30. The van der Waals surface area contributed by atoms with E-state index >= 15 is 0 Å². The number of hydrogen-bond acceptors (Lipinski definition) is 4. The molecular formula is C9H18N2OS. The van der Waals surface area contributed by atoms with E-state index in [-0.39, 0.29) is 0 Å². The minimum Gasteiger partial charge on any atom is -0.383 e. The molecule has 1 aliphatic heterocycles. The van der Waals surface area contributed by atoms with Crippen molar-refractivity contribution >= 4 is 16.9 Å². The van der Waals surface area contributed by atoms with E-state index in [1.165, 1.54) is 0 Å². The average molecular weight is 202 g/mol. The van der Waals surface area contributed by atoms with Crippen molar-refractivity contribution in [2.75, 3.05) is 19.5 Å². The van der Waals surface area contributed by atoms with Gasteiger partial charge < -0.3 is 10.1 Å². The van der Waals surface area contributed by atoms with Crippen molar-refractivity contribution < 1.29 is 4.74 Å². The molecule has 0 aromatic rings. The summed E-state index contributed by atoms with van der Waals surface area (Å²) in [6.07, 6.45) is 1.07. The first-order valence-corrected chi connectivity index (χ1v) is 5.71. The third kappa shape index (κ3) is 3.56. The number of thioether (sulfide) groups is 1. The molecule has 0 aromatic heterocycles. The topological polar surface area (TPSA) is 33.6 Å². The summed E-state index contributed by atoms with van der Waals surface area (Å²) in [7, 11) is 1.73. The molecule has 76 valence electrons. The molecule has 0 aromatic carbocycles. The van der Waals surface area contributed by atoms with Crippen LogP contribution >= 0.6 is 11.8 Å². The van der Waals surface area contributed by atoms with Gasteiger partial charge in [-0.05, 0) is 13.3 Å². The average Bonchev–Trinajstić information content (AvgIpc) is 2.50. The Labute approximate surface area is 84.3 Å². The minimum absolute atomic E-state index is 0.404. The van der Waals surface area contributed by atoms with Crippen LogP contribution < -0.4 is 5.32 Å². The Morgan fingerprint density at radius 1 is 1.77 bits per heavy atom. The van der Waals surface area contributed by atoms with Crippen LogP contribution in [-0.4, -0.2) is 36.7 Å². The highest BCUT2D eigenvalue weighted by molar-refractivity contribution is 8.14. The number of nitrogens with zero attached hydrogens (tertiary/aromatic N) is 1. The van der Waals surface area contributed by atoms with Crippen LogP contribution in [0.4, 0.5) is 0 Å². The van der Waals surface area contributed by atoms with Crippen LogP contribution in [0.3, 0.4) is 0 Å². The Morgan fingerprint density at radius 3 is 3.00 bits per heavy atom. The normalized spacial score (nSPS) is 24.2. The summed E-state index contributed by atoms with van der Waals surface area (Å²) in [5.41, 5.74) is 0. The SMILES string of the molecule is CCC(COC)NC1=NC(C)CS1. The van der Waals surface area contributed by atoms with Crippen LogP contribution in [0.2, 0.25) is 0 Å². The lowest BCUT2D eigenvalue weighted by atomic mass is 10.2. The quantitative estimate of drug-likeness (QED) is 0.750. The van der Waals surface area contributed by atoms with E-state index in [1.54, 1.807) is 18.9 Å². The van der Waals surface area contributed by atoms with Crippen LogP contribution in [0.1, 0.15) is 20.3 Å². The van der Waals surface area contributed by atoms with Gasteiger partial charge in [-0.15, -0.1) is 0 Å². The standard InChI is InChI=1S/C9H18N2OS/c1-4-8(5-12-3)11-9-10-7(2)6-13-9/h7-8H,4-6H2,1-3H3,(H,10,11). The Kier molecular flexibility index (Phi) is 4.59. The van der Waals surface area contributed by atoms with Crippen LogP contribution in [0, 0.1) is 0 Å². The second-order valence-corrected chi connectivity index (χ2v) is 4.31. The molecule has 0 bridgehead atoms. The summed E-state index contributed by atoms with van der Waals surface area (Å²) in [5.74, 6) is 1.10. The van der Waals surface area contributed by atoms with Crippen molar-refractivity contribution in [3.8, 4) is 0 Å². The molecule has 2 atom stereocenters. The van der Waals surface area contributed by atoms with E-state index in [2.05, 4.69) is 24.2 Å². The van der Waals surface area contributed by atoms with Crippen LogP contribution in [0.5, 0.6) is 0 Å². The zero-order valence-corrected chi connectivity index (χ0v) is 9.36. The van der Waals surface area contributed by atoms with Gasteiger partial charge in [0.15, 0.2) is 5.17 Å². The molecule has 0 saturated heterocycles. The predicted octanol–water partition coefficient (Wildman–Crippen LogP) is 1.49. The van der Waals surface area contributed by atoms with E-state index in [0.29, 0.717) is 12.1 Å². The number of nitrogens with one attached hydrogen (secondary N) is 1. The van der Waals surface area contributed by atoms with E-state index in [4.69, 9.17) is 4.74 Å². The lowest BCUT2D eigenvalue weighted by Crippen LogP contribution is -2.35. The highest BCUT2D eigenvalue weighted by Crippen LogP contribution is 2.16. The van der Waals surface area contributed by atoms with Gasteiger partial charge in [-0.1, -0.05) is 18.7 Å². The van der Waals surface area contributed by atoms with E-state index in [0.717, 1.165) is 23.9 Å². The van der Waals surface area contributed by atoms with Crippen LogP contribution in [0.15, 0.2) is 4.99 Å². The van der Waals surface area contributed by atoms with E-state index < -0.39 is 0 Å². The van der Waals surface area contributed by atoms with Crippen molar-refractivity contribution in [1.29, 1.82) is 0 Å². The Hall–Kier alpha value is -0.220. The molecule has 0 amide bonds. The molecule has 0 aliphatic carbocycles. The third-order valence-corrected chi connectivity index (χ3v) is 3.13. The van der Waals surface area contributed by atoms with Gasteiger partial charge in [0.1, 0.15) is 0 Å². The third-order valence-electron chi connectivity index (χ3n) is 1.99. The predicted molar refractivity (Wildman–Crippen MR) is 58.4 cm³/mol. The Morgan fingerprint density at radius 2 is 2.54 bits per heavy atom. The lowest BCUT2D eigenvalue weighted by molar-refractivity contribution is 0.172. The first-order chi connectivity index (χ1) is 6.26. The summed E-state index contributed by atoms with van der Waals surface area (Å²) in [6.45, 7) is 5.05. The fourth-order valence-corrected chi connectivity index (χ4v) is 2.17. The molecule has 1 aliphatic rings. The van der Waals surface area contributed by atoms with Crippen LogP contribution in [-0.2, 0) is 4.74 Å². The van der Waals surface area contributed by atoms with Crippen molar-refractivity contribution in [1.82, 2.24) is 5.32 Å². The molecule has 0 spiro atoms. The van der Waals surface area contributed by atoms with Gasteiger partial charge in [-0.25, -0.2) is 0 Å². The van der Waals surface area contributed by atoms with Crippen molar-refractivity contribution in [3.63, 3.8) is 0 Å². The maximum absolute atomic E-state index is 5.11. The Balaban J connectivity index is 2.33. The second kappa shape index (κ2) is 5.50. The summed E-state index contributed by atoms with van der Waals surface area (Å²) >= 11 is 1.80. The van der Waals surface area contributed by atoms with E-state index in [9.17, 15) is 0 Å². The fourth-order valence-electron chi connectivity index (χ4n) is 1.19. The molecule has 0 fully saturated rings. The number of rotatable bonds is 4. The zero-order valence-electron chi connectivity index (χ0n) is 8.54. The summed E-state index contributed by atoms with van der Waals surface area (Å²) in [4.78, 5) is 4.47. The molecule has 4 heteroatoms. The van der Waals surface area contributed by atoms with Gasteiger partial charge in [0.2, 0.25) is 0 Å². The smallest absolute Gasteiger partial charge is 0.157 e. The Bertz CT molecular complexity index is 184. The van der Waals surface area contributed by atoms with Crippen molar-refractivity contribution in [2.45, 2.75) is 32.4 Å². The largest absolute Gasteiger partial charge is 0.383 e. The molecule has 13 heavy (non-hydrogen) atoms. The molecular weight excluding hydrogens is 184 g/mol. The first kappa shape index (κ1) is 10.9. The van der Waals surface area contributed by atoms with Crippen LogP contribution in [0.25, 0.3) is 0 Å². The molecule has 1 N–H and O–H groups in total. The number of methoxy groups -OCH3 is 1. The number of hydrogen-bond donors (Lipinski definition) is 1. The maximum atomic E-state index is 5.11. The van der Waals surface area contributed by atoms with Crippen molar-refractivity contribution in [2.24, 2.45) is 4.99 Å². The van der Waals surface area contributed by atoms with Gasteiger partial charge in [0.05, 0.1) is 18.7 Å². The maximum Gasteiger partial charge on any atom is 0.157 e. The monoisotopic (exact) mass is 202 g/mol. The summed E-state index contributed by atoms with van der Waals surface area (Å²) in [6, 6.07) is 0.870. The molecule has 0 radical (unpaired) electrons. The van der Waals surface area contributed by atoms with Gasteiger partial charge >= 0.3 is 0 Å². The minimum atomic E-state index is 0.404. The lowest BCUT2D eigenvalue weighted by Gasteiger charge is -2.16. The molecule has 1 rings (SSSR count). The van der Waals surface area contributed by atoms with Gasteiger partial charge in [0.25, 0.3) is 0 Å². The number of ether oxygens (including phenoxy) is 1.